The number of rotatable bonds is 2. The number of aromatic nitrogens is 4. The molecule has 0 aliphatic heterocycles. The zero-order chi connectivity index (χ0) is 12.4. The Morgan fingerprint density at radius 3 is 2.61 bits per heavy atom. The summed E-state index contributed by atoms with van der Waals surface area (Å²) in [5.41, 5.74) is 7.78. The molecular weight excluding hydrogens is 226 g/mol. The van der Waals surface area contributed by atoms with Crippen molar-refractivity contribution in [1.82, 2.24) is 19.7 Å². The molecule has 0 saturated heterocycles. The zero-order valence-corrected chi connectivity index (χ0v) is 9.56. The van der Waals surface area contributed by atoms with E-state index in [-0.39, 0.29) is 0 Å². The van der Waals surface area contributed by atoms with Crippen molar-refractivity contribution in [2.75, 3.05) is 5.73 Å². The van der Waals surface area contributed by atoms with Crippen molar-refractivity contribution in [3.05, 3.63) is 55.0 Å². The summed E-state index contributed by atoms with van der Waals surface area (Å²) in [4.78, 5) is 8.18. The average Bonchev–Trinajstić information content (AvgIpc) is 2.83. The summed E-state index contributed by atoms with van der Waals surface area (Å²) in [7, 11) is 0. The summed E-state index contributed by atoms with van der Waals surface area (Å²) in [5, 5.41) is 4.44. The van der Waals surface area contributed by atoms with Crippen LogP contribution in [0.2, 0.25) is 0 Å². The lowest BCUT2D eigenvalue weighted by Crippen LogP contribution is -2.03. The van der Waals surface area contributed by atoms with Crippen LogP contribution in [-0.4, -0.2) is 19.7 Å². The van der Waals surface area contributed by atoms with E-state index >= 15 is 0 Å². The van der Waals surface area contributed by atoms with Crippen LogP contribution >= 0.6 is 0 Å². The highest BCUT2D eigenvalue weighted by atomic mass is 15.3. The average molecular weight is 237 g/mol. The monoisotopic (exact) mass is 237 g/mol. The molecule has 5 nitrogen and oxygen atoms in total. The summed E-state index contributed by atoms with van der Waals surface area (Å²) < 4.78 is 1.58. The second-order valence-corrected chi connectivity index (χ2v) is 3.80. The second kappa shape index (κ2) is 4.29. The molecule has 3 rings (SSSR count). The molecular formula is C13H11N5. The fourth-order valence-electron chi connectivity index (χ4n) is 1.73. The minimum absolute atomic E-state index is 0.536. The molecule has 0 atom stereocenters. The van der Waals surface area contributed by atoms with E-state index < -0.39 is 0 Å². The molecule has 2 N–H and O–H groups in total. The van der Waals surface area contributed by atoms with Crippen LogP contribution in [0.15, 0.2) is 55.0 Å². The lowest BCUT2D eigenvalue weighted by Gasteiger charge is -2.00. The highest BCUT2D eigenvalue weighted by Crippen LogP contribution is 2.21. The van der Waals surface area contributed by atoms with Crippen molar-refractivity contribution in [3.8, 4) is 17.1 Å². The molecule has 0 unspecified atom stereocenters. The molecule has 0 saturated carbocycles. The first-order valence-electron chi connectivity index (χ1n) is 5.52. The predicted molar refractivity (Wildman–Crippen MR) is 69.0 cm³/mol. The first-order chi connectivity index (χ1) is 8.84. The van der Waals surface area contributed by atoms with E-state index in [9.17, 15) is 0 Å². The van der Waals surface area contributed by atoms with Gasteiger partial charge in [-0.05, 0) is 0 Å². The third-order valence-corrected chi connectivity index (χ3v) is 2.57. The van der Waals surface area contributed by atoms with Gasteiger partial charge in [-0.1, -0.05) is 30.3 Å². The molecule has 0 amide bonds. The van der Waals surface area contributed by atoms with Gasteiger partial charge in [0.15, 0.2) is 5.82 Å². The van der Waals surface area contributed by atoms with Gasteiger partial charge in [-0.2, -0.15) is 9.78 Å². The highest BCUT2D eigenvalue weighted by Gasteiger charge is 2.09. The van der Waals surface area contributed by atoms with E-state index in [1.807, 2.05) is 36.4 Å². The van der Waals surface area contributed by atoms with Crippen LogP contribution in [0.5, 0.6) is 0 Å². The first kappa shape index (κ1) is 10.5. The Morgan fingerprint density at radius 1 is 1.06 bits per heavy atom. The molecule has 88 valence electrons. The number of nitrogens with two attached hydrogens (primary N) is 1. The number of anilines is 1. The molecule has 0 aliphatic carbocycles. The van der Waals surface area contributed by atoms with Gasteiger partial charge in [-0.3, -0.25) is 4.98 Å². The van der Waals surface area contributed by atoms with Crippen LogP contribution in [0.1, 0.15) is 0 Å². The molecule has 3 aromatic rings. The quantitative estimate of drug-likeness (QED) is 0.739. The standard InChI is InChI=1S/C13H11N5/c14-12-8-11(10-4-2-1-3-5-10)17-18(12)13-9-15-6-7-16-13/h1-9H,14H2. The lowest BCUT2D eigenvalue weighted by atomic mass is 10.2. The van der Waals surface area contributed by atoms with Gasteiger partial charge in [0, 0.05) is 24.0 Å². The SMILES string of the molecule is Nc1cc(-c2ccccc2)nn1-c1cnccn1. The van der Waals surface area contributed by atoms with E-state index in [0.29, 0.717) is 11.6 Å². The predicted octanol–water partition coefficient (Wildman–Crippen LogP) is 1.91. The van der Waals surface area contributed by atoms with Gasteiger partial charge in [-0.25, -0.2) is 4.98 Å². The highest BCUT2D eigenvalue weighted by molar-refractivity contribution is 5.63. The van der Waals surface area contributed by atoms with Gasteiger partial charge < -0.3 is 5.73 Å². The van der Waals surface area contributed by atoms with Crippen LogP contribution in [0.4, 0.5) is 5.82 Å². The van der Waals surface area contributed by atoms with Crippen molar-refractivity contribution in [2.24, 2.45) is 0 Å². The fraction of sp³-hybridized carbons (Fsp3) is 0. The second-order valence-electron chi connectivity index (χ2n) is 3.80. The van der Waals surface area contributed by atoms with Crippen LogP contribution in [0.3, 0.4) is 0 Å². The summed E-state index contributed by atoms with van der Waals surface area (Å²) in [6, 6.07) is 11.7. The van der Waals surface area contributed by atoms with Crippen LogP contribution in [0.25, 0.3) is 17.1 Å². The largest absolute Gasteiger partial charge is 0.384 e. The smallest absolute Gasteiger partial charge is 0.174 e. The Hall–Kier alpha value is -2.69. The number of benzene rings is 1. The van der Waals surface area contributed by atoms with E-state index in [2.05, 4.69) is 15.1 Å². The van der Waals surface area contributed by atoms with Crippen molar-refractivity contribution in [1.29, 1.82) is 0 Å². The van der Waals surface area contributed by atoms with Crippen LogP contribution in [-0.2, 0) is 0 Å². The van der Waals surface area contributed by atoms with Gasteiger partial charge >= 0.3 is 0 Å². The maximum atomic E-state index is 5.94. The van der Waals surface area contributed by atoms with Gasteiger partial charge in [0.05, 0.1) is 11.9 Å². The number of nitrogen functional groups attached to an aromatic ring is 1. The molecule has 0 spiro atoms. The van der Waals surface area contributed by atoms with Crippen molar-refractivity contribution < 1.29 is 0 Å². The van der Waals surface area contributed by atoms with E-state index in [0.717, 1.165) is 11.3 Å². The molecule has 1 aromatic carbocycles. The molecule has 2 heterocycles. The summed E-state index contributed by atoms with van der Waals surface area (Å²) in [6.07, 6.45) is 4.85. The Morgan fingerprint density at radius 2 is 1.89 bits per heavy atom. The minimum atomic E-state index is 0.536. The molecule has 2 aromatic heterocycles. The minimum Gasteiger partial charge on any atom is -0.384 e. The Balaban J connectivity index is 2.07. The Labute approximate surface area is 104 Å². The van der Waals surface area contributed by atoms with E-state index in [1.165, 1.54) is 0 Å². The molecule has 0 fully saturated rings. The van der Waals surface area contributed by atoms with Gasteiger partial charge in [0.2, 0.25) is 0 Å². The van der Waals surface area contributed by atoms with Crippen molar-refractivity contribution in [3.63, 3.8) is 0 Å². The van der Waals surface area contributed by atoms with Gasteiger partial charge in [-0.15, -0.1) is 0 Å². The number of nitrogens with zero attached hydrogens (tertiary/aromatic N) is 4. The summed E-state index contributed by atoms with van der Waals surface area (Å²) >= 11 is 0. The van der Waals surface area contributed by atoms with Gasteiger partial charge in [0.1, 0.15) is 5.82 Å². The maximum Gasteiger partial charge on any atom is 0.174 e. The molecule has 0 bridgehead atoms. The third kappa shape index (κ3) is 1.82. The maximum absolute atomic E-state index is 5.94. The zero-order valence-electron chi connectivity index (χ0n) is 9.56. The lowest BCUT2D eigenvalue weighted by molar-refractivity contribution is 0.851. The van der Waals surface area contributed by atoms with Crippen molar-refractivity contribution >= 4 is 5.82 Å². The molecule has 5 heteroatoms. The Bertz CT molecular complexity index is 646. The summed E-state index contributed by atoms with van der Waals surface area (Å²) in [5.74, 6) is 1.14. The normalized spacial score (nSPS) is 10.4. The van der Waals surface area contributed by atoms with Crippen LogP contribution in [0, 0.1) is 0 Å². The van der Waals surface area contributed by atoms with Gasteiger partial charge in [0.25, 0.3) is 0 Å². The number of hydrogen-bond acceptors (Lipinski definition) is 4. The van der Waals surface area contributed by atoms with Crippen molar-refractivity contribution in [2.45, 2.75) is 0 Å². The third-order valence-electron chi connectivity index (χ3n) is 2.57. The fourth-order valence-corrected chi connectivity index (χ4v) is 1.73. The topological polar surface area (TPSA) is 69.6 Å². The molecule has 0 aliphatic rings. The van der Waals surface area contributed by atoms with E-state index in [1.54, 1.807) is 23.3 Å². The number of hydrogen-bond donors (Lipinski definition) is 1. The first-order valence-corrected chi connectivity index (χ1v) is 5.52. The Kier molecular flexibility index (Phi) is 2.49. The molecule has 18 heavy (non-hydrogen) atoms. The summed E-state index contributed by atoms with van der Waals surface area (Å²) in [6.45, 7) is 0. The van der Waals surface area contributed by atoms with E-state index in [4.69, 9.17) is 5.73 Å². The molecule has 0 radical (unpaired) electrons. The van der Waals surface area contributed by atoms with Crippen LogP contribution < -0.4 is 5.73 Å².